The number of likely N-dealkylation sites (N-methyl/N-ethyl adjacent to an activating group) is 1. The minimum Gasteiger partial charge on any atom is -0.392 e. The smallest absolute Gasteiger partial charge is 0.136 e. The summed E-state index contributed by atoms with van der Waals surface area (Å²) in [5, 5.41) is 36.8. The van der Waals surface area contributed by atoms with E-state index < -0.39 is 23.4 Å². The predicted molar refractivity (Wildman–Crippen MR) is 112 cm³/mol. The summed E-state index contributed by atoms with van der Waals surface area (Å²) in [6.45, 7) is 6.20. The zero-order valence-corrected chi connectivity index (χ0v) is 19.5. The number of hydrogen-bond acceptors (Lipinski definition) is 7. The number of hydrogen-bond donors (Lipinski definition) is 3. The third kappa shape index (κ3) is 1.93. The SMILES string of the molecule is CCN1CC2(C)CCC(OC)C34C5CC6C(OC)CC(O)(C5C6O)C(O)(C(OC)C23)C14. The largest absolute Gasteiger partial charge is 0.392 e. The first kappa shape index (κ1) is 21.3. The van der Waals surface area contributed by atoms with Crippen LogP contribution in [0.15, 0.2) is 0 Å². The highest BCUT2D eigenvalue weighted by molar-refractivity contribution is 5.41. The molecule has 0 aromatic carbocycles. The van der Waals surface area contributed by atoms with Gasteiger partial charge in [0.15, 0.2) is 0 Å². The number of methoxy groups -OCH3 is 3. The monoisotopic (exact) mass is 437 g/mol. The molecule has 31 heavy (non-hydrogen) atoms. The molecule has 13 unspecified atom stereocenters. The summed E-state index contributed by atoms with van der Waals surface area (Å²) in [4.78, 5) is 2.41. The van der Waals surface area contributed by atoms with Gasteiger partial charge < -0.3 is 29.5 Å². The van der Waals surface area contributed by atoms with Gasteiger partial charge in [-0.2, -0.15) is 0 Å². The zero-order chi connectivity index (χ0) is 22.1. The molecule has 1 heterocycles. The Morgan fingerprint density at radius 1 is 1.10 bits per heavy atom. The van der Waals surface area contributed by atoms with E-state index in [0.29, 0.717) is 6.42 Å². The Morgan fingerprint density at radius 2 is 1.84 bits per heavy atom. The van der Waals surface area contributed by atoms with E-state index in [1.165, 1.54) is 0 Å². The molecule has 13 atom stereocenters. The third-order valence-corrected chi connectivity index (χ3v) is 11.3. The average molecular weight is 438 g/mol. The lowest BCUT2D eigenvalue weighted by atomic mass is 9.43. The molecule has 5 aliphatic carbocycles. The Bertz CT molecular complexity index is 781. The van der Waals surface area contributed by atoms with Crippen LogP contribution in [0.1, 0.15) is 39.5 Å². The summed E-state index contributed by atoms with van der Waals surface area (Å²) in [5.74, 6) is -0.259. The maximum absolute atomic E-state index is 12.8. The van der Waals surface area contributed by atoms with E-state index in [1.54, 1.807) is 21.3 Å². The summed E-state index contributed by atoms with van der Waals surface area (Å²) in [6.07, 6.45) is 1.61. The van der Waals surface area contributed by atoms with Crippen LogP contribution >= 0.6 is 0 Å². The summed E-state index contributed by atoms with van der Waals surface area (Å²) in [6, 6.07) is -0.258. The van der Waals surface area contributed by atoms with Gasteiger partial charge in [0.1, 0.15) is 11.2 Å². The Kier molecular flexibility index (Phi) is 4.28. The molecule has 1 saturated heterocycles. The number of aliphatic hydroxyl groups excluding tert-OH is 1. The first-order valence-electron chi connectivity index (χ1n) is 12.2. The van der Waals surface area contributed by atoms with Crippen LogP contribution < -0.4 is 0 Å². The van der Waals surface area contributed by atoms with Crippen molar-refractivity contribution >= 4 is 0 Å². The number of likely N-dealkylation sites (tertiary alicyclic amines) is 1. The van der Waals surface area contributed by atoms with Crippen molar-refractivity contribution in [1.82, 2.24) is 4.90 Å². The highest BCUT2D eigenvalue weighted by Gasteiger charge is 2.91. The first-order chi connectivity index (χ1) is 14.7. The van der Waals surface area contributed by atoms with Gasteiger partial charge in [0.05, 0.1) is 30.5 Å². The van der Waals surface area contributed by atoms with Crippen molar-refractivity contribution in [3.8, 4) is 0 Å². The van der Waals surface area contributed by atoms with Crippen LogP contribution in [0.4, 0.5) is 0 Å². The molecule has 3 N–H and O–H groups in total. The average Bonchev–Trinajstić information content (AvgIpc) is 3.11. The van der Waals surface area contributed by atoms with E-state index in [-0.39, 0.29) is 52.8 Å². The fraction of sp³-hybridized carbons (Fsp3) is 1.00. The van der Waals surface area contributed by atoms with Crippen LogP contribution in [0, 0.1) is 34.5 Å². The number of ether oxygens (including phenoxy) is 3. The molecule has 6 rings (SSSR count). The molecule has 7 heteroatoms. The van der Waals surface area contributed by atoms with Crippen LogP contribution in [-0.4, -0.2) is 96.3 Å². The molecule has 0 radical (unpaired) electrons. The van der Waals surface area contributed by atoms with E-state index in [1.807, 2.05) is 0 Å². The Hall–Kier alpha value is -0.280. The summed E-state index contributed by atoms with van der Waals surface area (Å²) in [7, 11) is 5.13. The van der Waals surface area contributed by atoms with Gasteiger partial charge >= 0.3 is 0 Å². The first-order valence-corrected chi connectivity index (χ1v) is 12.2. The minimum absolute atomic E-state index is 0.0138. The fourth-order valence-corrected chi connectivity index (χ4v) is 10.7. The van der Waals surface area contributed by atoms with E-state index in [0.717, 1.165) is 32.4 Å². The molecule has 1 aliphatic heterocycles. The van der Waals surface area contributed by atoms with Gasteiger partial charge in [-0.15, -0.1) is 0 Å². The van der Waals surface area contributed by atoms with E-state index in [4.69, 9.17) is 14.2 Å². The maximum Gasteiger partial charge on any atom is 0.136 e. The summed E-state index contributed by atoms with van der Waals surface area (Å²) >= 11 is 0. The molecule has 7 nitrogen and oxygen atoms in total. The topological polar surface area (TPSA) is 91.6 Å². The second kappa shape index (κ2) is 6.23. The molecule has 1 spiro atoms. The Morgan fingerprint density at radius 3 is 2.45 bits per heavy atom. The van der Waals surface area contributed by atoms with Crippen molar-refractivity contribution in [2.45, 2.75) is 81.2 Å². The van der Waals surface area contributed by atoms with Gasteiger partial charge in [-0.3, -0.25) is 4.90 Å². The highest BCUT2D eigenvalue weighted by atomic mass is 16.5. The molecule has 6 fully saturated rings. The van der Waals surface area contributed by atoms with Crippen LogP contribution in [0.2, 0.25) is 0 Å². The third-order valence-electron chi connectivity index (χ3n) is 11.3. The van der Waals surface area contributed by atoms with Gasteiger partial charge in [0.25, 0.3) is 0 Å². The van der Waals surface area contributed by atoms with Crippen molar-refractivity contribution in [2.24, 2.45) is 34.5 Å². The highest BCUT2D eigenvalue weighted by Crippen LogP contribution is 2.80. The number of rotatable bonds is 4. The quantitative estimate of drug-likeness (QED) is 0.595. The summed E-state index contributed by atoms with van der Waals surface area (Å²) < 4.78 is 18.2. The van der Waals surface area contributed by atoms with Gasteiger partial charge in [0.2, 0.25) is 0 Å². The van der Waals surface area contributed by atoms with Crippen LogP contribution in [0.25, 0.3) is 0 Å². The molecule has 7 bridgehead atoms. The van der Waals surface area contributed by atoms with Crippen molar-refractivity contribution in [3.05, 3.63) is 0 Å². The fourth-order valence-electron chi connectivity index (χ4n) is 10.7. The van der Waals surface area contributed by atoms with Crippen LogP contribution in [0.5, 0.6) is 0 Å². The molecule has 6 aliphatic rings. The second-order valence-corrected chi connectivity index (χ2v) is 11.8. The number of piperidine rings is 1. The molecule has 0 aromatic rings. The maximum atomic E-state index is 12.8. The zero-order valence-electron chi connectivity index (χ0n) is 19.5. The van der Waals surface area contributed by atoms with Crippen molar-refractivity contribution in [1.29, 1.82) is 0 Å². The summed E-state index contributed by atoms with van der Waals surface area (Å²) in [5.41, 5.74) is -3.35. The predicted octanol–water partition coefficient (Wildman–Crippen LogP) is 0.645. The van der Waals surface area contributed by atoms with Crippen LogP contribution in [-0.2, 0) is 14.2 Å². The lowest BCUT2D eigenvalue weighted by Gasteiger charge is -2.69. The molecule has 0 amide bonds. The van der Waals surface area contributed by atoms with E-state index >= 15 is 0 Å². The van der Waals surface area contributed by atoms with Crippen molar-refractivity contribution < 1.29 is 29.5 Å². The van der Waals surface area contributed by atoms with E-state index in [9.17, 15) is 15.3 Å². The second-order valence-electron chi connectivity index (χ2n) is 11.8. The number of nitrogens with zero attached hydrogens (tertiary/aromatic N) is 1. The minimum atomic E-state index is -1.49. The van der Waals surface area contributed by atoms with Gasteiger partial charge in [0, 0.05) is 57.5 Å². The number of aliphatic hydroxyl groups is 3. The normalized spacial score (nSPS) is 64.1. The molecule has 5 saturated carbocycles. The molecular formula is C24H39NO6. The number of fused-ring (bicyclic) bond motifs is 2. The van der Waals surface area contributed by atoms with Crippen molar-refractivity contribution in [3.63, 3.8) is 0 Å². The Balaban J connectivity index is 1.68. The van der Waals surface area contributed by atoms with E-state index in [2.05, 4.69) is 18.7 Å². The lowest BCUT2D eigenvalue weighted by Crippen LogP contribution is -2.81. The molecule has 0 aromatic heterocycles. The van der Waals surface area contributed by atoms with Gasteiger partial charge in [-0.25, -0.2) is 0 Å². The molecule has 176 valence electrons. The Labute approximate surface area is 185 Å². The van der Waals surface area contributed by atoms with Gasteiger partial charge in [-0.1, -0.05) is 13.8 Å². The standard InChI is InChI=1S/C24H39NO6/c1-6-25-11-21(2)8-7-15(30-4)23-13-9-12-14(29-3)10-22(27,16(13)17(12)26)24(28,20(23)25)19(31-5)18(21)23/h12-20,26-28H,6-11H2,1-5H3. The molecular weight excluding hydrogens is 398 g/mol. The van der Waals surface area contributed by atoms with Gasteiger partial charge in [-0.05, 0) is 37.1 Å². The lowest BCUT2D eigenvalue weighted by molar-refractivity contribution is -0.317. The van der Waals surface area contributed by atoms with Crippen molar-refractivity contribution in [2.75, 3.05) is 34.4 Å². The van der Waals surface area contributed by atoms with Crippen LogP contribution in [0.3, 0.4) is 0 Å².